The Labute approximate surface area is 118 Å². The first-order valence-corrected chi connectivity index (χ1v) is 6.62. The lowest BCUT2D eigenvalue weighted by atomic mass is 10.1. The van der Waals surface area contributed by atoms with E-state index in [1.807, 2.05) is 0 Å². The van der Waals surface area contributed by atoms with Gasteiger partial charge in [0.1, 0.15) is 5.76 Å². The summed E-state index contributed by atoms with van der Waals surface area (Å²) >= 11 is 0. The lowest BCUT2D eigenvalue weighted by Crippen LogP contribution is -2.16. The number of methoxy groups -OCH3 is 1. The van der Waals surface area contributed by atoms with E-state index in [1.54, 1.807) is 12.1 Å². The summed E-state index contributed by atoms with van der Waals surface area (Å²) < 4.78 is 9.96. The zero-order valence-electron chi connectivity index (χ0n) is 11.8. The van der Waals surface area contributed by atoms with Crippen LogP contribution in [0, 0.1) is 6.92 Å². The van der Waals surface area contributed by atoms with Crippen LogP contribution in [0.25, 0.3) is 0 Å². The summed E-state index contributed by atoms with van der Waals surface area (Å²) in [6.07, 6.45) is 0.965. The van der Waals surface area contributed by atoms with Crippen molar-refractivity contribution in [3.63, 3.8) is 0 Å². The predicted molar refractivity (Wildman–Crippen MR) is 76.6 cm³/mol. The van der Waals surface area contributed by atoms with Crippen LogP contribution in [0.5, 0.6) is 0 Å². The van der Waals surface area contributed by atoms with Crippen molar-refractivity contribution in [2.24, 2.45) is 0 Å². The fraction of sp³-hybridized carbons (Fsp3) is 0.312. The molecule has 2 aromatic rings. The predicted octanol–water partition coefficient (Wildman–Crippen LogP) is 2.71. The molecule has 0 aliphatic carbocycles. The van der Waals surface area contributed by atoms with Gasteiger partial charge in [-0.05, 0) is 37.6 Å². The smallest absolute Gasteiger partial charge is 0.373 e. The standard InChI is InChI=1S/C16H19NO3/c1-12-4-3-5-13(10-12)8-9-17-11-14-6-7-15(20-14)16(18)19-2/h3-7,10,17H,8-9,11H2,1-2H3. The maximum absolute atomic E-state index is 11.2. The molecule has 0 radical (unpaired) electrons. The number of benzene rings is 1. The quantitative estimate of drug-likeness (QED) is 0.649. The summed E-state index contributed by atoms with van der Waals surface area (Å²) in [5, 5.41) is 3.29. The van der Waals surface area contributed by atoms with Gasteiger partial charge in [0.15, 0.2) is 0 Å². The second kappa shape index (κ2) is 6.91. The summed E-state index contributed by atoms with van der Waals surface area (Å²) in [7, 11) is 1.34. The number of nitrogens with one attached hydrogen (secondary N) is 1. The zero-order valence-corrected chi connectivity index (χ0v) is 11.8. The Kier molecular flexibility index (Phi) is 4.96. The van der Waals surface area contributed by atoms with Crippen LogP contribution in [0.15, 0.2) is 40.8 Å². The molecule has 0 spiro atoms. The van der Waals surface area contributed by atoms with Gasteiger partial charge >= 0.3 is 5.97 Å². The maximum atomic E-state index is 11.2. The molecule has 106 valence electrons. The highest BCUT2D eigenvalue weighted by atomic mass is 16.5. The van der Waals surface area contributed by atoms with Gasteiger partial charge in [0.2, 0.25) is 5.76 Å². The van der Waals surface area contributed by atoms with Gasteiger partial charge in [-0.25, -0.2) is 4.79 Å². The normalized spacial score (nSPS) is 10.5. The van der Waals surface area contributed by atoms with Crippen LogP contribution in [0.2, 0.25) is 0 Å². The largest absolute Gasteiger partial charge is 0.463 e. The second-order valence-electron chi connectivity index (χ2n) is 4.67. The topological polar surface area (TPSA) is 51.5 Å². The van der Waals surface area contributed by atoms with Crippen LogP contribution in [0.4, 0.5) is 0 Å². The molecule has 0 bridgehead atoms. The molecule has 0 unspecified atom stereocenters. The molecule has 1 aromatic carbocycles. The molecular weight excluding hydrogens is 254 g/mol. The number of hydrogen-bond acceptors (Lipinski definition) is 4. The van der Waals surface area contributed by atoms with Crippen molar-refractivity contribution < 1.29 is 13.9 Å². The van der Waals surface area contributed by atoms with Gasteiger partial charge in [0, 0.05) is 0 Å². The first-order valence-electron chi connectivity index (χ1n) is 6.62. The molecule has 0 saturated carbocycles. The number of carbonyl (C=O) groups excluding carboxylic acids is 1. The Bertz CT molecular complexity index is 575. The number of furan rings is 1. The van der Waals surface area contributed by atoms with Crippen molar-refractivity contribution in [2.45, 2.75) is 19.9 Å². The number of esters is 1. The first-order chi connectivity index (χ1) is 9.69. The molecule has 0 aliphatic heterocycles. The van der Waals surface area contributed by atoms with Gasteiger partial charge in [-0.15, -0.1) is 0 Å². The Morgan fingerprint density at radius 2 is 2.15 bits per heavy atom. The summed E-state index contributed by atoms with van der Waals surface area (Å²) in [5.41, 5.74) is 2.59. The van der Waals surface area contributed by atoms with Gasteiger partial charge in [0.25, 0.3) is 0 Å². The summed E-state index contributed by atoms with van der Waals surface area (Å²) in [6, 6.07) is 11.9. The van der Waals surface area contributed by atoms with E-state index >= 15 is 0 Å². The van der Waals surface area contributed by atoms with E-state index in [1.165, 1.54) is 18.2 Å². The fourth-order valence-corrected chi connectivity index (χ4v) is 2.00. The molecule has 1 heterocycles. The van der Waals surface area contributed by atoms with E-state index in [2.05, 4.69) is 41.2 Å². The Morgan fingerprint density at radius 1 is 1.30 bits per heavy atom. The van der Waals surface area contributed by atoms with Crippen molar-refractivity contribution in [1.82, 2.24) is 5.32 Å². The highest BCUT2D eigenvalue weighted by Crippen LogP contribution is 2.09. The lowest BCUT2D eigenvalue weighted by Gasteiger charge is -2.04. The summed E-state index contributed by atoms with van der Waals surface area (Å²) in [4.78, 5) is 11.2. The van der Waals surface area contributed by atoms with Gasteiger partial charge < -0.3 is 14.5 Å². The number of ether oxygens (including phenoxy) is 1. The first kappa shape index (κ1) is 14.3. The minimum absolute atomic E-state index is 0.239. The molecule has 0 fully saturated rings. The number of aryl methyl sites for hydroxylation is 1. The molecule has 0 amide bonds. The third-order valence-corrected chi connectivity index (χ3v) is 3.02. The third-order valence-electron chi connectivity index (χ3n) is 3.02. The van der Waals surface area contributed by atoms with Crippen molar-refractivity contribution in [3.05, 3.63) is 59.0 Å². The van der Waals surface area contributed by atoms with E-state index < -0.39 is 5.97 Å². The highest BCUT2D eigenvalue weighted by molar-refractivity contribution is 5.86. The molecule has 1 N–H and O–H groups in total. The average Bonchev–Trinajstić information content (AvgIpc) is 2.92. The SMILES string of the molecule is COC(=O)c1ccc(CNCCc2cccc(C)c2)o1. The average molecular weight is 273 g/mol. The van der Waals surface area contributed by atoms with Gasteiger partial charge in [-0.2, -0.15) is 0 Å². The summed E-state index contributed by atoms with van der Waals surface area (Å²) in [6.45, 7) is 3.55. The fourth-order valence-electron chi connectivity index (χ4n) is 2.00. The van der Waals surface area contributed by atoms with Crippen molar-refractivity contribution >= 4 is 5.97 Å². The minimum atomic E-state index is -0.448. The molecule has 2 rings (SSSR count). The monoisotopic (exact) mass is 273 g/mol. The molecule has 1 aromatic heterocycles. The van der Waals surface area contributed by atoms with Crippen molar-refractivity contribution in [3.8, 4) is 0 Å². The Morgan fingerprint density at radius 3 is 2.90 bits per heavy atom. The molecular formula is C16H19NO3. The lowest BCUT2D eigenvalue weighted by molar-refractivity contribution is 0.0563. The van der Waals surface area contributed by atoms with E-state index in [0.717, 1.165) is 18.7 Å². The van der Waals surface area contributed by atoms with E-state index in [9.17, 15) is 4.79 Å². The zero-order chi connectivity index (χ0) is 14.4. The molecule has 20 heavy (non-hydrogen) atoms. The maximum Gasteiger partial charge on any atom is 0.373 e. The van der Waals surface area contributed by atoms with Crippen LogP contribution in [0.3, 0.4) is 0 Å². The minimum Gasteiger partial charge on any atom is -0.463 e. The van der Waals surface area contributed by atoms with Gasteiger partial charge in [-0.1, -0.05) is 29.8 Å². The van der Waals surface area contributed by atoms with E-state index in [4.69, 9.17) is 4.42 Å². The third kappa shape index (κ3) is 3.96. The van der Waals surface area contributed by atoms with E-state index in [-0.39, 0.29) is 5.76 Å². The van der Waals surface area contributed by atoms with Crippen LogP contribution in [-0.2, 0) is 17.7 Å². The van der Waals surface area contributed by atoms with Crippen LogP contribution < -0.4 is 5.32 Å². The molecule has 0 atom stereocenters. The molecule has 4 heteroatoms. The van der Waals surface area contributed by atoms with Crippen molar-refractivity contribution in [2.75, 3.05) is 13.7 Å². The number of rotatable bonds is 6. The Balaban J connectivity index is 1.76. The Hall–Kier alpha value is -2.07. The number of hydrogen-bond donors (Lipinski definition) is 1. The summed E-state index contributed by atoms with van der Waals surface area (Å²) in [5.74, 6) is 0.522. The molecule has 0 saturated heterocycles. The van der Waals surface area contributed by atoms with Gasteiger partial charge in [0.05, 0.1) is 13.7 Å². The highest BCUT2D eigenvalue weighted by Gasteiger charge is 2.10. The van der Waals surface area contributed by atoms with Crippen LogP contribution in [-0.4, -0.2) is 19.6 Å². The second-order valence-corrected chi connectivity index (χ2v) is 4.67. The van der Waals surface area contributed by atoms with E-state index in [0.29, 0.717) is 6.54 Å². The van der Waals surface area contributed by atoms with Gasteiger partial charge in [-0.3, -0.25) is 0 Å². The molecule has 4 nitrogen and oxygen atoms in total. The molecule has 0 aliphatic rings. The number of carbonyl (C=O) groups is 1. The van der Waals surface area contributed by atoms with Crippen LogP contribution >= 0.6 is 0 Å². The van der Waals surface area contributed by atoms with Crippen molar-refractivity contribution in [1.29, 1.82) is 0 Å². The van der Waals surface area contributed by atoms with Crippen LogP contribution in [0.1, 0.15) is 27.4 Å².